The maximum Gasteiger partial charge on any atom is 0.194 e. The van der Waals surface area contributed by atoms with Crippen molar-refractivity contribution in [1.29, 1.82) is 0 Å². The monoisotopic (exact) mass is 463 g/mol. The minimum Gasteiger partial charge on any atom is -0.508 e. The lowest BCUT2D eigenvalue weighted by atomic mass is 10.1. The molecule has 0 aliphatic carbocycles. The Morgan fingerprint density at radius 1 is 1.40 bits per heavy atom. The molecular weight excluding hydrogens is 433 g/mol. The lowest BCUT2D eigenvalue weighted by Crippen LogP contribution is -2.40. The van der Waals surface area contributed by atoms with Crippen LogP contribution in [0.15, 0.2) is 23.2 Å². The molecular formula is C18H30IN3O3. The van der Waals surface area contributed by atoms with E-state index in [-0.39, 0.29) is 29.7 Å². The molecule has 1 heterocycles. The van der Waals surface area contributed by atoms with Crippen LogP contribution in [0.25, 0.3) is 0 Å². The number of rotatable bonds is 7. The number of phenolic OH excluding ortho intramolecular Hbond substituents is 1. The highest BCUT2D eigenvalue weighted by molar-refractivity contribution is 14.0. The smallest absolute Gasteiger partial charge is 0.194 e. The van der Waals surface area contributed by atoms with Gasteiger partial charge in [-0.15, -0.1) is 24.0 Å². The summed E-state index contributed by atoms with van der Waals surface area (Å²) in [6.45, 7) is 8.82. The van der Waals surface area contributed by atoms with Gasteiger partial charge in [0.05, 0.1) is 20.3 Å². The zero-order valence-corrected chi connectivity index (χ0v) is 17.7. The van der Waals surface area contributed by atoms with Gasteiger partial charge >= 0.3 is 0 Å². The normalized spacial score (nSPS) is 17.3. The van der Waals surface area contributed by atoms with Crippen LogP contribution in [0, 0.1) is 5.92 Å². The predicted molar refractivity (Wildman–Crippen MR) is 111 cm³/mol. The van der Waals surface area contributed by atoms with E-state index in [2.05, 4.69) is 17.1 Å². The summed E-state index contributed by atoms with van der Waals surface area (Å²) in [7, 11) is 1.62. The van der Waals surface area contributed by atoms with Crippen molar-refractivity contribution in [1.82, 2.24) is 10.2 Å². The minimum atomic E-state index is 0. The molecule has 1 aromatic rings. The van der Waals surface area contributed by atoms with E-state index in [1.165, 1.54) is 0 Å². The number of aliphatic imine (C=N–C) groups is 1. The van der Waals surface area contributed by atoms with Gasteiger partial charge in [0.15, 0.2) is 5.96 Å². The Labute approximate surface area is 167 Å². The van der Waals surface area contributed by atoms with Gasteiger partial charge in [0.2, 0.25) is 0 Å². The van der Waals surface area contributed by atoms with Crippen LogP contribution in [0.5, 0.6) is 11.5 Å². The second-order valence-electron chi connectivity index (χ2n) is 5.92. The molecule has 1 unspecified atom stereocenters. The standard InChI is InChI=1S/C18H29N3O3.HI/c1-4-19-18(21-9-8-14(12-21)13-24-5-2)20-11-15-10-16(23-3)6-7-17(15)22;/h6-7,10,14,22H,4-5,8-9,11-13H2,1-3H3,(H,19,20);1H. The van der Waals surface area contributed by atoms with Crippen molar-refractivity contribution in [3.05, 3.63) is 23.8 Å². The summed E-state index contributed by atoms with van der Waals surface area (Å²) in [5, 5.41) is 13.3. The van der Waals surface area contributed by atoms with Gasteiger partial charge in [0, 0.05) is 37.7 Å². The number of methoxy groups -OCH3 is 1. The summed E-state index contributed by atoms with van der Waals surface area (Å²) < 4.78 is 10.8. The summed E-state index contributed by atoms with van der Waals surface area (Å²) in [5.74, 6) is 2.41. The van der Waals surface area contributed by atoms with Crippen molar-refractivity contribution in [3.63, 3.8) is 0 Å². The first-order valence-corrected chi connectivity index (χ1v) is 8.64. The highest BCUT2D eigenvalue weighted by Crippen LogP contribution is 2.24. The van der Waals surface area contributed by atoms with Crippen LogP contribution in [0.2, 0.25) is 0 Å². The average Bonchev–Trinajstić information content (AvgIpc) is 3.06. The fourth-order valence-corrected chi connectivity index (χ4v) is 2.85. The van der Waals surface area contributed by atoms with Crippen LogP contribution < -0.4 is 10.1 Å². The van der Waals surface area contributed by atoms with Gasteiger partial charge in [0.25, 0.3) is 0 Å². The molecule has 1 aliphatic heterocycles. The highest BCUT2D eigenvalue weighted by atomic mass is 127. The third-order valence-corrected chi connectivity index (χ3v) is 4.16. The largest absolute Gasteiger partial charge is 0.508 e. The van der Waals surface area contributed by atoms with E-state index in [1.54, 1.807) is 19.2 Å². The van der Waals surface area contributed by atoms with Crippen molar-refractivity contribution in [2.75, 3.05) is 40.0 Å². The second-order valence-corrected chi connectivity index (χ2v) is 5.92. The molecule has 0 bridgehead atoms. The van der Waals surface area contributed by atoms with Crippen LogP contribution in [0.1, 0.15) is 25.8 Å². The number of likely N-dealkylation sites (tertiary alicyclic amines) is 1. The van der Waals surface area contributed by atoms with Crippen molar-refractivity contribution >= 4 is 29.9 Å². The number of guanidine groups is 1. The predicted octanol–water partition coefficient (Wildman–Crippen LogP) is 2.84. The van der Waals surface area contributed by atoms with E-state index >= 15 is 0 Å². The molecule has 0 amide bonds. The summed E-state index contributed by atoms with van der Waals surface area (Å²) in [6.07, 6.45) is 1.12. The first-order chi connectivity index (χ1) is 11.7. The number of benzene rings is 1. The average molecular weight is 463 g/mol. The van der Waals surface area contributed by atoms with Crippen LogP contribution >= 0.6 is 24.0 Å². The molecule has 142 valence electrons. The van der Waals surface area contributed by atoms with Crippen LogP contribution in [-0.4, -0.2) is 55.9 Å². The molecule has 1 fully saturated rings. The van der Waals surface area contributed by atoms with Gasteiger partial charge in [0.1, 0.15) is 11.5 Å². The summed E-state index contributed by atoms with van der Waals surface area (Å²) in [6, 6.07) is 5.21. The SMILES string of the molecule is CCNC(=NCc1cc(OC)ccc1O)N1CCC(COCC)C1.I. The van der Waals surface area contributed by atoms with Gasteiger partial charge in [-0.3, -0.25) is 0 Å². The Morgan fingerprint density at radius 3 is 2.88 bits per heavy atom. The number of nitrogens with zero attached hydrogens (tertiary/aromatic N) is 2. The van der Waals surface area contributed by atoms with E-state index in [0.29, 0.717) is 12.5 Å². The molecule has 0 radical (unpaired) electrons. The van der Waals surface area contributed by atoms with Gasteiger partial charge in [-0.25, -0.2) is 4.99 Å². The molecule has 2 N–H and O–H groups in total. The molecule has 1 aliphatic rings. The number of phenols is 1. The first kappa shape index (κ1) is 21.8. The fraction of sp³-hybridized carbons (Fsp3) is 0.611. The summed E-state index contributed by atoms with van der Waals surface area (Å²) in [4.78, 5) is 6.96. The fourth-order valence-electron chi connectivity index (χ4n) is 2.85. The number of hydrogen-bond acceptors (Lipinski definition) is 4. The molecule has 0 aromatic heterocycles. The van der Waals surface area contributed by atoms with Gasteiger partial charge in [-0.1, -0.05) is 0 Å². The third kappa shape index (κ3) is 6.54. The van der Waals surface area contributed by atoms with Crippen LogP contribution in [0.4, 0.5) is 0 Å². The molecule has 1 saturated heterocycles. The van der Waals surface area contributed by atoms with Crippen molar-refractivity contribution in [3.8, 4) is 11.5 Å². The van der Waals surface area contributed by atoms with E-state index in [9.17, 15) is 5.11 Å². The quantitative estimate of drug-likeness (QED) is 0.370. The van der Waals surface area contributed by atoms with E-state index in [0.717, 1.165) is 56.5 Å². The Hall–Kier alpha value is -1.22. The van der Waals surface area contributed by atoms with Gasteiger partial charge in [-0.2, -0.15) is 0 Å². The van der Waals surface area contributed by atoms with Crippen LogP contribution in [-0.2, 0) is 11.3 Å². The Bertz CT molecular complexity index is 554. The van der Waals surface area contributed by atoms with Crippen molar-refractivity contribution in [2.45, 2.75) is 26.8 Å². The lowest BCUT2D eigenvalue weighted by Gasteiger charge is -2.21. The molecule has 2 rings (SSSR count). The third-order valence-electron chi connectivity index (χ3n) is 4.16. The molecule has 6 nitrogen and oxygen atoms in total. The van der Waals surface area contributed by atoms with Gasteiger partial charge in [-0.05, 0) is 38.5 Å². The molecule has 1 aromatic carbocycles. The zero-order valence-electron chi connectivity index (χ0n) is 15.3. The van der Waals surface area contributed by atoms with Crippen molar-refractivity contribution in [2.24, 2.45) is 10.9 Å². The Balaban J connectivity index is 0.00000312. The lowest BCUT2D eigenvalue weighted by molar-refractivity contribution is 0.114. The first-order valence-electron chi connectivity index (χ1n) is 8.64. The van der Waals surface area contributed by atoms with Crippen molar-refractivity contribution < 1.29 is 14.6 Å². The van der Waals surface area contributed by atoms with E-state index in [4.69, 9.17) is 14.5 Å². The Morgan fingerprint density at radius 2 is 2.20 bits per heavy atom. The number of ether oxygens (including phenoxy) is 2. The second kappa shape index (κ2) is 11.4. The number of aromatic hydroxyl groups is 1. The highest BCUT2D eigenvalue weighted by Gasteiger charge is 2.24. The molecule has 1 atom stereocenters. The molecule has 0 spiro atoms. The number of nitrogens with one attached hydrogen (secondary N) is 1. The van der Waals surface area contributed by atoms with E-state index < -0.39 is 0 Å². The maximum absolute atomic E-state index is 10.0. The van der Waals surface area contributed by atoms with Gasteiger partial charge < -0.3 is 24.8 Å². The summed E-state index contributed by atoms with van der Waals surface area (Å²) >= 11 is 0. The zero-order chi connectivity index (χ0) is 17.4. The minimum absolute atomic E-state index is 0. The molecule has 25 heavy (non-hydrogen) atoms. The molecule has 0 saturated carbocycles. The van der Waals surface area contributed by atoms with Crippen LogP contribution in [0.3, 0.4) is 0 Å². The maximum atomic E-state index is 10.0. The van der Waals surface area contributed by atoms with E-state index in [1.807, 2.05) is 13.0 Å². The molecule has 7 heteroatoms. The number of halogens is 1. The number of hydrogen-bond donors (Lipinski definition) is 2. The Kier molecular flexibility index (Phi) is 9.96. The topological polar surface area (TPSA) is 66.3 Å². The summed E-state index contributed by atoms with van der Waals surface area (Å²) in [5.41, 5.74) is 0.759.